The van der Waals surface area contributed by atoms with E-state index in [4.69, 9.17) is 16.9 Å². The fourth-order valence-corrected chi connectivity index (χ4v) is 3.44. The zero-order chi connectivity index (χ0) is 23.4. The van der Waals surface area contributed by atoms with Gasteiger partial charge in [0.15, 0.2) is 0 Å². The number of nitrogens with one attached hydrogen (secondary N) is 1. The molecule has 1 atom stereocenters. The number of nitrogens with zero attached hydrogens (tertiary/aromatic N) is 5. The number of carbonyl (C=O) groups is 2. The smallest absolute Gasteiger partial charge is 0.271 e. The van der Waals surface area contributed by atoms with Crippen molar-refractivity contribution in [2.45, 2.75) is 46.3 Å². The van der Waals surface area contributed by atoms with E-state index in [2.05, 4.69) is 15.4 Å². The normalized spacial score (nSPS) is 11.8. The van der Waals surface area contributed by atoms with Gasteiger partial charge in [-0.15, -0.1) is 0 Å². The maximum atomic E-state index is 14.0. The van der Waals surface area contributed by atoms with Gasteiger partial charge in [-0.05, 0) is 39.0 Å². The van der Waals surface area contributed by atoms with Crippen molar-refractivity contribution < 1.29 is 14.0 Å². The van der Waals surface area contributed by atoms with Crippen LogP contribution in [0.2, 0.25) is 5.02 Å². The summed E-state index contributed by atoms with van der Waals surface area (Å²) in [7, 11) is 0. The van der Waals surface area contributed by atoms with Crippen LogP contribution in [-0.4, -0.2) is 37.1 Å². The van der Waals surface area contributed by atoms with Crippen molar-refractivity contribution >= 4 is 23.3 Å². The van der Waals surface area contributed by atoms with Crippen molar-refractivity contribution in [2.75, 3.05) is 0 Å². The van der Waals surface area contributed by atoms with Crippen LogP contribution in [0.5, 0.6) is 0 Å². The van der Waals surface area contributed by atoms with Crippen LogP contribution in [0.1, 0.15) is 42.1 Å². The number of Topliss-reactive ketones (excluding diaryl/α,β-unsaturated/α-hetero) is 1. The second-order valence-electron chi connectivity index (χ2n) is 7.54. The number of hydrogen-bond donors (Lipinski definition) is 1. The molecule has 2 aromatic heterocycles. The number of hydrogen-bond acceptors (Lipinski definition) is 5. The van der Waals surface area contributed by atoms with Gasteiger partial charge in [-0.2, -0.15) is 10.4 Å². The summed E-state index contributed by atoms with van der Waals surface area (Å²) in [6.45, 7) is 5.99. The SMILES string of the molecule is CC(=O)CCn1cc(C(=O)NC(C)Cn2ccc(-c3cc(F)c(C#N)c(Cl)c3)n2)nc1C. The second-order valence-corrected chi connectivity index (χ2v) is 7.95. The molecule has 0 fully saturated rings. The summed E-state index contributed by atoms with van der Waals surface area (Å²) in [5, 5.41) is 16.2. The van der Waals surface area contributed by atoms with Crippen molar-refractivity contribution in [2.24, 2.45) is 0 Å². The second kappa shape index (κ2) is 9.75. The van der Waals surface area contributed by atoms with Crippen molar-refractivity contribution in [3.63, 3.8) is 0 Å². The molecule has 0 aliphatic heterocycles. The lowest BCUT2D eigenvalue weighted by Crippen LogP contribution is -2.36. The molecule has 0 spiro atoms. The molecular weight excluding hydrogens is 435 g/mol. The minimum Gasteiger partial charge on any atom is -0.346 e. The number of amides is 1. The Hall–Kier alpha value is -3.51. The molecule has 0 aliphatic rings. The largest absolute Gasteiger partial charge is 0.346 e. The van der Waals surface area contributed by atoms with Crippen molar-refractivity contribution in [1.82, 2.24) is 24.6 Å². The fourth-order valence-electron chi connectivity index (χ4n) is 3.19. The number of benzene rings is 1. The zero-order valence-corrected chi connectivity index (χ0v) is 18.6. The van der Waals surface area contributed by atoms with Crippen LogP contribution in [-0.2, 0) is 17.9 Å². The van der Waals surface area contributed by atoms with Crippen LogP contribution in [0.15, 0.2) is 30.6 Å². The average Bonchev–Trinajstić information content (AvgIpc) is 3.32. The van der Waals surface area contributed by atoms with E-state index in [1.165, 1.54) is 19.1 Å². The Bertz CT molecular complexity index is 1190. The summed E-state index contributed by atoms with van der Waals surface area (Å²) in [6, 6.07) is 5.87. The van der Waals surface area contributed by atoms with Gasteiger partial charge >= 0.3 is 0 Å². The Kier molecular flexibility index (Phi) is 7.05. The number of aromatic nitrogens is 4. The molecule has 3 rings (SSSR count). The molecule has 0 bridgehead atoms. The highest BCUT2D eigenvalue weighted by Gasteiger charge is 2.16. The predicted molar refractivity (Wildman–Crippen MR) is 117 cm³/mol. The maximum Gasteiger partial charge on any atom is 0.271 e. The van der Waals surface area contributed by atoms with Crippen LogP contribution in [0.3, 0.4) is 0 Å². The number of halogens is 2. The van der Waals surface area contributed by atoms with Crippen LogP contribution >= 0.6 is 11.6 Å². The lowest BCUT2D eigenvalue weighted by molar-refractivity contribution is -0.117. The molecule has 0 saturated carbocycles. The third-order valence-corrected chi connectivity index (χ3v) is 5.14. The van der Waals surface area contributed by atoms with Crippen LogP contribution in [0.4, 0.5) is 4.39 Å². The lowest BCUT2D eigenvalue weighted by Gasteiger charge is -2.13. The highest BCUT2D eigenvalue weighted by Crippen LogP contribution is 2.26. The molecule has 0 saturated heterocycles. The molecule has 32 heavy (non-hydrogen) atoms. The van der Waals surface area contributed by atoms with E-state index in [1.807, 2.05) is 6.92 Å². The van der Waals surface area contributed by atoms with Gasteiger partial charge in [-0.25, -0.2) is 9.37 Å². The molecule has 8 nitrogen and oxygen atoms in total. The third kappa shape index (κ3) is 5.39. The van der Waals surface area contributed by atoms with E-state index in [9.17, 15) is 14.0 Å². The first-order valence-electron chi connectivity index (χ1n) is 9.95. The number of ketones is 1. The van der Waals surface area contributed by atoms with Gasteiger partial charge in [-0.3, -0.25) is 14.3 Å². The first kappa shape index (κ1) is 23.2. The first-order chi connectivity index (χ1) is 15.2. The number of rotatable bonds is 8. The molecule has 3 aromatic rings. The van der Waals surface area contributed by atoms with Crippen LogP contribution < -0.4 is 5.32 Å². The number of imidazole rings is 1. The van der Waals surface area contributed by atoms with Gasteiger partial charge in [0.05, 0.1) is 17.3 Å². The number of nitriles is 1. The Morgan fingerprint density at radius 3 is 2.78 bits per heavy atom. The zero-order valence-electron chi connectivity index (χ0n) is 17.9. The maximum absolute atomic E-state index is 14.0. The molecule has 166 valence electrons. The third-order valence-electron chi connectivity index (χ3n) is 4.84. The summed E-state index contributed by atoms with van der Waals surface area (Å²) in [5.41, 5.74) is 1.02. The Morgan fingerprint density at radius 2 is 2.12 bits per heavy atom. The van der Waals surface area contributed by atoms with Gasteiger partial charge in [0.25, 0.3) is 5.91 Å². The van der Waals surface area contributed by atoms with Crippen molar-refractivity contribution in [3.8, 4) is 17.3 Å². The summed E-state index contributed by atoms with van der Waals surface area (Å²) < 4.78 is 17.4. The van der Waals surface area contributed by atoms with E-state index in [0.29, 0.717) is 36.6 Å². The van der Waals surface area contributed by atoms with Gasteiger partial charge in [0.1, 0.15) is 34.8 Å². The van der Waals surface area contributed by atoms with Crippen LogP contribution in [0.25, 0.3) is 11.3 Å². The molecule has 1 aromatic carbocycles. The molecule has 1 unspecified atom stereocenters. The standard InChI is InChI=1S/C22H22ClFN6O2/c1-13(26-22(32)21-12-29(15(3)27-21)6-4-14(2)31)11-30-7-5-20(28-30)16-8-18(23)17(10-25)19(24)9-16/h5,7-9,12-13H,4,6,11H2,1-3H3,(H,26,32). The Morgan fingerprint density at radius 1 is 1.38 bits per heavy atom. The molecule has 1 amide bonds. The Labute approximate surface area is 189 Å². The van der Waals surface area contributed by atoms with E-state index >= 15 is 0 Å². The highest BCUT2D eigenvalue weighted by molar-refractivity contribution is 6.32. The quantitative estimate of drug-likeness (QED) is 0.558. The highest BCUT2D eigenvalue weighted by atomic mass is 35.5. The van der Waals surface area contributed by atoms with Gasteiger partial charge in [0, 0.05) is 37.0 Å². The predicted octanol–water partition coefficient (Wildman–Crippen LogP) is 3.52. The average molecular weight is 457 g/mol. The number of carbonyl (C=O) groups excluding carboxylic acids is 2. The number of aryl methyl sites for hydroxylation is 2. The minimum absolute atomic E-state index is 0.0238. The van der Waals surface area contributed by atoms with Crippen molar-refractivity contribution in [3.05, 3.63) is 58.5 Å². The first-order valence-corrected chi connectivity index (χ1v) is 10.3. The van der Waals surface area contributed by atoms with Crippen molar-refractivity contribution in [1.29, 1.82) is 5.26 Å². The molecular formula is C22H22ClFN6O2. The van der Waals surface area contributed by atoms with E-state index < -0.39 is 5.82 Å². The monoisotopic (exact) mass is 456 g/mol. The van der Waals surface area contributed by atoms with E-state index in [-0.39, 0.29) is 34.0 Å². The molecule has 2 heterocycles. The fraction of sp³-hybridized carbons (Fsp3) is 0.318. The van der Waals surface area contributed by atoms with E-state index in [0.717, 1.165) is 0 Å². The summed E-state index contributed by atoms with van der Waals surface area (Å²) >= 11 is 5.97. The minimum atomic E-state index is -0.705. The molecule has 0 aliphatic carbocycles. The topological polar surface area (TPSA) is 106 Å². The van der Waals surface area contributed by atoms with Crippen LogP contribution in [0, 0.1) is 24.1 Å². The molecule has 10 heteroatoms. The molecule has 1 N–H and O–H groups in total. The van der Waals surface area contributed by atoms with Gasteiger partial charge < -0.3 is 9.88 Å². The summed E-state index contributed by atoms with van der Waals surface area (Å²) in [5.74, 6) is -0.296. The Balaban J connectivity index is 1.64. The lowest BCUT2D eigenvalue weighted by atomic mass is 10.1. The molecule has 0 radical (unpaired) electrons. The summed E-state index contributed by atoms with van der Waals surface area (Å²) in [6.07, 6.45) is 3.73. The van der Waals surface area contributed by atoms with Gasteiger partial charge in [0.2, 0.25) is 0 Å². The van der Waals surface area contributed by atoms with Gasteiger partial charge in [-0.1, -0.05) is 11.6 Å². The van der Waals surface area contributed by atoms with E-state index in [1.54, 1.807) is 40.7 Å². The summed E-state index contributed by atoms with van der Waals surface area (Å²) in [4.78, 5) is 28.0.